The summed E-state index contributed by atoms with van der Waals surface area (Å²) >= 11 is 0. The van der Waals surface area contributed by atoms with Gasteiger partial charge in [0, 0.05) is 0 Å². The second kappa shape index (κ2) is 7.22. The Morgan fingerprint density at radius 1 is 1.05 bits per heavy atom. The highest BCUT2D eigenvalue weighted by molar-refractivity contribution is 5.76. The van der Waals surface area contributed by atoms with Gasteiger partial charge in [-0.25, -0.2) is 0 Å². The monoisotopic (exact) mass is 280 g/mol. The van der Waals surface area contributed by atoms with Crippen LogP contribution < -0.4 is 5.73 Å². The molecule has 0 saturated heterocycles. The van der Waals surface area contributed by atoms with Gasteiger partial charge >= 0.3 is 5.97 Å². The van der Waals surface area contributed by atoms with E-state index in [4.69, 9.17) is 15.7 Å². The molecule has 0 aliphatic rings. The first-order valence-electron chi connectivity index (χ1n) is 6.65. The number of esters is 1. The number of hydrogen-bond acceptors (Lipinski definition) is 4. The summed E-state index contributed by atoms with van der Waals surface area (Å²) in [5, 5.41) is 8.62. The third-order valence-corrected chi connectivity index (χ3v) is 3.05. The van der Waals surface area contributed by atoms with Crippen molar-refractivity contribution in [3.05, 3.63) is 71.8 Å². The van der Waals surface area contributed by atoms with Crippen LogP contribution in [0.25, 0.3) is 0 Å². The number of ether oxygens (including phenoxy) is 1. The largest absolute Gasteiger partial charge is 0.451 e. The van der Waals surface area contributed by atoms with Gasteiger partial charge in [-0.1, -0.05) is 60.7 Å². The SMILES string of the molecule is N#CC[C@@H](N)C(=O)OC(c1ccccc1)c1ccccc1. The van der Waals surface area contributed by atoms with Gasteiger partial charge in [0.25, 0.3) is 0 Å². The van der Waals surface area contributed by atoms with Gasteiger partial charge in [-0.3, -0.25) is 4.79 Å². The van der Waals surface area contributed by atoms with Crippen molar-refractivity contribution in [3.8, 4) is 6.07 Å². The van der Waals surface area contributed by atoms with Gasteiger partial charge in [-0.15, -0.1) is 0 Å². The number of carbonyl (C=O) groups excluding carboxylic acids is 1. The molecule has 2 rings (SSSR count). The van der Waals surface area contributed by atoms with Crippen molar-refractivity contribution in [1.82, 2.24) is 0 Å². The summed E-state index contributed by atoms with van der Waals surface area (Å²) in [5.74, 6) is -0.575. The van der Waals surface area contributed by atoms with E-state index in [1.165, 1.54) is 0 Å². The Morgan fingerprint density at radius 2 is 1.52 bits per heavy atom. The summed E-state index contributed by atoms with van der Waals surface area (Å²) < 4.78 is 5.52. The van der Waals surface area contributed by atoms with Crippen molar-refractivity contribution in [1.29, 1.82) is 5.26 Å². The van der Waals surface area contributed by atoms with Crippen LogP contribution in [-0.2, 0) is 9.53 Å². The average molecular weight is 280 g/mol. The molecular formula is C17H16N2O2. The van der Waals surface area contributed by atoms with Crippen LogP contribution in [0.3, 0.4) is 0 Å². The molecule has 2 aromatic carbocycles. The van der Waals surface area contributed by atoms with Crippen molar-refractivity contribution in [3.63, 3.8) is 0 Å². The van der Waals surface area contributed by atoms with E-state index in [0.717, 1.165) is 11.1 Å². The van der Waals surface area contributed by atoms with E-state index in [2.05, 4.69) is 0 Å². The molecule has 0 radical (unpaired) electrons. The number of nitrogens with two attached hydrogens (primary N) is 1. The molecule has 0 aliphatic carbocycles. The molecule has 0 aliphatic heterocycles. The quantitative estimate of drug-likeness (QED) is 0.854. The summed E-state index contributed by atoms with van der Waals surface area (Å²) in [4.78, 5) is 12.0. The second-order valence-electron chi connectivity index (χ2n) is 4.61. The molecule has 106 valence electrons. The zero-order valence-electron chi connectivity index (χ0n) is 11.5. The normalized spacial score (nSPS) is 11.7. The molecule has 0 fully saturated rings. The molecule has 0 spiro atoms. The van der Waals surface area contributed by atoms with Gasteiger partial charge in [0.15, 0.2) is 6.10 Å². The van der Waals surface area contributed by atoms with Gasteiger partial charge in [0.05, 0.1) is 12.5 Å². The standard InChI is InChI=1S/C17H16N2O2/c18-12-11-15(19)17(20)21-16(13-7-3-1-4-8-13)14-9-5-2-6-10-14/h1-10,15-16H,11,19H2/t15-/m1/s1. The van der Waals surface area contributed by atoms with Crippen LogP contribution in [-0.4, -0.2) is 12.0 Å². The van der Waals surface area contributed by atoms with Crippen molar-refractivity contribution in [2.45, 2.75) is 18.6 Å². The van der Waals surface area contributed by atoms with E-state index < -0.39 is 18.1 Å². The molecule has 0 saturated carbocycles. The van der Waals surface area contributed by atoms with Crippen LogP contribution >= 0.6 is 0 Å². The predicted molar refractivity (Wildman–Crippen MR) is 79.0 cm³/mol. The molecular weight excluding hydrogens is 264 g/mol. The minimum atomic E-state index is -0.926. The lowest BCUT2D eigenvalue weighted by Gasteiger charge is -2.20. The lowest BCUT2D eigenvalue weighted by atomic mass is 10.0. The highest BCUT2D eigenvalue weighted by Crippen LogP contribution is 2.26. The molecule has 4 heteroatoms. The highest BCUT2D eigenvalue weighted by Gasteiger charge is 2.22. The number of hydrogen-bond donors (Lipinski definition) is 1. The molecule has 0 heterocycles. The van der Waals surface area contributed by atoms with Crippen LogP contribution in [0.4, 0.5) is 0 Å². The van der Waals surface area contributed by atoms with Gasteiger partial charge in [0.2, 0.25) is 0 Å². The number of nitrogens with zero attached hydrogens (tertiary/aromatic N) is 1. The second-order valence-corrected chi connectivity index (χ2v) is 4.61. The third-order valence-electron chi connectivity index (χ3n) is 3.05. The van der Waals surface area contributed by atoms with Crippen molar-refractivity contribution < 1.29 is 9.53 Å². The molecule has 1 atom stereocenters. The Kier molecular flexibility index (Phi) is 5.08. The fourth-order valence-corrected chi connectivity index (χ4v) is 1.97. The van der Waals surface area contributed by atoms with E-state index >= 15 is 0 Å². The van der Waals surface area contributed by atoms with Gasteiger partial charge < -0.3 is 10.5 Å². The number of benzene rings is 2. The van der Waals surface area contributed by atoms with Gasteiger partial charge in [0.1, 0.15) is 6.04 Å². The molecule has 21 heavy (non-hydrogen) atoms. The number of nitriles is 1. The Bertz CT molecular complexity index is 581. The first-order valence-corrected chi connectivity index (χ1v) is 6.65. The van der Waals surface area contributed by atoms with Crippen LogP contribution in [0.1, 0.15) is 23.7 Å². The Balaban J connectivity index is 2.26. The number of carbonyl (C=O) groups is 1. The van der Waals surface area contributed by atoms with Crippen LogP contribution in [0.2, 0.25) is 0 Å². The minimum absolute atomic E-state index is 0.0604. The molecule has 4 nitrogen and oxygen atoms in total. The van der Waals surface area contributed by atoms with Crippen LogP contribution in [0.5, 0.6) is 0 Å². The fraction of sp³-hybridized carbons (Fsp3) is 0.176. The smallest absolute Gasteiger partial charge is 0.324 e. The molecule has 2 aromatic rings. The summed E-state index contributed by atoms with van der Waals surface area (Å²) in [6.07, 6.45) is -0.584. The van der Waals surface area contributed by atoms with Crippen molar-refractivity contribution in [2.75, 3.05) is 0 Å². The van der Waals surface area contributed by atoms with E-state index in [9.17, 15) is 4.79 Å². The maximum Gasteiger partial charge on any atom is 0.324 e. The van der Waals surface area contributed by atoms with Crippen LogP contribution in [0, 0.1) is 11.3 Å². The topological polar surface area (TPSA) is 76.1 Å². The summed E-state index contributed by atoms with van der Waals surface area (Å²) in [6, 6.07) is 19.8. The van der Waals surface area contributed by atoms with E-state index in [0.29, 0.717) is 0 Å². The average Bonchev–Trinajstić information content (AvgIpc) is 2.54. The summed E-state index contributed by atoms with van der Waals surface area (Å²) in [5.41, 5.74) is 7.36. The third kappa shape index (κ3) is 3.91. The van der Waals surface area contributed by atoms with Gasteiger partial charge in [-0.05, 0) is 11.1 Å². The zero-order valence-corrected chi connectivity index (χ0v) is 11.5. The molecule has 0 amide bonds. The van der Waals surface area contributed by atoms with Crippen molar-refractivity contribution >= 4 is 5.97 Å². The Labute approximate surface area is 123 Å². The zero-order chi connectivity index (χ0) is 15.1. The van der Waals surface area contributed by atoms with E-state index in [1.807, 2.05) is 66.7 Å². The fourth-order valence-electron chi connectivity index (χ4n) is 1.97. The maximum atomic E-state index is 12.0. The van der Waals surface area contributed by atoms with Gasteiger partial charge in [-0.2, -0.15) is 5.26 Å². The molecule has 0 bridgehead atoms. The Hall–Kier alpha value is -2.64. The van der Waals surface area contributed by atoms with Crippen molar-refractivity contribution in [2.24, 2.45) is 5.73 Å². The molecule has 2 N–H and O–H groups in total. The highest BCUT2D eigenvalue weighted by atomic mass is 16.5. The summed E-state index contributed by atoms with van der Waals surface area (Å²) in [6.45, 7) is 0. The number of rotatable bonds is 5. The lowest BCUT2D eigenvalue weighted by molar-refractivity contribution is -0.149. The molecule has 0 aromatic heterocycles. The Morgan fingerprint density at radius 3 is 1.95 bits per heavy atom. The van der Waals surface area contributed by atoms with Crippen LogP contribution in [0.15, 0.2) is 60.7 Å². The lowest BCUT2D eigenvalue weighted by Crippen LogP contribution is -2.33. The first-order chi connectivity index (χ1) is 10.2. The van der Waals surface area contributed by atoms with E-state index in [1.54, 1.807) is 0 Å². The molecule has 0 unspecified atom stereocenters. The predicted octanol–water partition coefficient (Wildman–Crippen LogP) is 2.56. The minimum Gasteiger partial charge on any atom is -0.451 e. The van der Waals surface area contributed by atoms with E-state index in [-0.39, 0.29) is 6.42 Å². The summed E-state index contributed by atoms with van der Waals surface area (Å²) in [7, 11) is 0. The maximum absolute atomic E-state index is 12.0. The first kappa shape index (κ1) is 14.8.